The summed E-state index contributed by atoms with van der Waals surface area (Å²) in [5.41, 5.74) is 6.36. The molecule has 0 aromatic carbocycles. The van der Waals surface area contributed by atoms with Gasteiger partial charge in [-0.3, -0.25) is 9.59 Å². The van der Waals surface area contributed by atoms with Crippen molar-refractivity contribution in [1.82, 2.24) is 14.4 Å². The molecule has 1 aromatic heterocycles. The zero-order chi connectivity index (χ0) is 15.7. The molecule has 2 atom stereocenters. The fraction of sp³-hybridized carbons (Fsp3) is 0.625. The van der Waals surface area contributed by atoms with Crippen molar-refractivity contribution in [2.75, 3.05) is 26.2 Å². The van der Waals surface area contributed by atoms with E-state index in [1.165, 1.54) is 0 Å². The molecule has 0 saturated carbocycles. The van der Waals surface area contributed by atoms with Crippen molar-refractivity contribution in [1.29, 1.82) is 0 Å². The molecule has 120 valence electrons. The maximum absolute atomic E-state index is 12.6. The molecule has 0 unspecified atom stereocenters. The number of carbonyl (C=O) groups is 2. The quantitative estimate of drug-likeness (QED) is 0.880. The molecular formula is C16H24N4O2. The van der Waals surface area contributed by atoms with E-state index in [1.807, 2.05) is 39.7 Å². The maximum Gasteiger partial charge on any atom is 0.270 e. The summed E-state index contributed by atoms with van der Waals surface area (Å²) in [6, 6.07) is 4.00. The highest BCUT2D eigenvalue weighted by Crippen LogP contribution is 2.31. The van der Waals surface area contributed by atoms with Crippen LogP contribution in [-0.2, 0) is 11.8 Å². The van der Waals surface area contributed by atoms with Crippen molar-refractivity contribution in [2.24, 2.45) is 18.7 Å². The van der Waals surface area contributed by atoms with Crippen molar-refractivity contribution in [3.8, 4) is 0 Å². The number of rotatable bonds is 3. The molecule has 2 aliphatic heterocycles. The fourth-order valence-corrected chi connectivity index (χ4v) is 3.81. The molecule has 2 amide bonds. The van der Waals surface area contributed by atoms with Crippen LogP contribution in [0.15, 0.2) is 18.3 Å². The number of hydrogen-bond donors (Lipinski definition) is 1. The van der Waals surface area contributed by atoms with Crippen LogP contribution in [0.3, 0.4) is 0 Å². The van der Waals surface area contributed by atoms with E-state index < -0.39 is 0 Å². The summed E-state index contributed by atoms with van der Waals surface area (Å²) in [7, 11) is 1.89. The van der Waals surface area contributed by atoms with E-state index in [1.54, 1.807) is 0 Å². The summed E-state index contributed by atoms with van der Waals surface area (Å²) >= 11 is 0. The van der Waals surface area contributed by atoms with Crippen molar-refractivity contribution in [3.63, 3.8) is 0 Å². The Morgan fingerprint density at radius 1 is 1.41 bits per heavy atom. The van der Waals surface area contributed by atoms with Gasteiger partial charge in [0.1, 0.15) is 5.69 Å². The van der Waals surface area contributed by atoms with Gasteiger partial charge in [-0.15, -0.1) is 0 Å². The molecule has 3 heterocycles. The normalized spacial score (nSPS) is 25.3. The van der Waals surface area contributed by atoms with Crippen molar-refractivity contribution in [3.05, 3.63) is 24.0 Å². The molecule has 1 aromatic rings. The van der Waals surface area contributed by atoms with Crippen LogP contribution in [0.1, 0.15) is 29.8 Å². The van der Waals surface area contributed by atoms with Crippen LogP contribution in [0.25, 0.3) is 0 Å². The van der Waals surface area contributed by atoms with E-state index in [4.69, 9.17) is 5.73 Å². The summed E-state index contributed by atoms with van der Waals surface area (Å²) < 4.78 is 1.86. The highest BCUT2D eigenvalue weighted by molar-refractivity contribution is 5.92. The number of nitrogens with two attached hydrogens (primary N) is 1. The summed E-state index contributed by atoms with van der Waals surface area (Å²) in [4.78, 5) is 28.6. The van der Waals surface area contributed by atoms with Gasteiger partial charge in [-0.05, 0) is 30.9 Å². The van der Waals surface area contributed by atoms with Crippen LogP contribution in [-0.4, -0.2) is 58.4 Å². The standard InChI is InChI=1S/C16H24N4O2/c1-18-8-2-3-14(18)16(22)19-9-6-13-12(11-19)4-5-15(21)20(13)10-7-17/h2-3,8,12-13H,4-7,9-11,17H2,1H3/t12-,13+/m0/s1. The molecule has 0 aliphatic carbocycles. The number of aromatic nitrogens is 1. The lowest BCUT2D eigenvalue weighted by molar-refractivity contribution is -0.140. The molecule has 0 bridgehead atoms. The monoisotopic (exact) mass is 304 g/mol. The third-order valence-electron chi connectivity index (χ3n) is 4.96. The molecule has 22 heavy (non-hydrogen) atoms. The first-order valence-electron chi connectivity index (χ1n) is 8.02. The topological polar surface area (TPSA) is 71.6 Å². The second-order valence-electron chi connectivity index (χ2n) is 6.29. The van der Waals surface area contributed by atoms with E-state index in [9.17, 15) is 9.59 Å². The SMILES string of the molecule is Cn1cccc1C(=O)N1CC[C@@H]2[C@@H](CCC(=O)N2CCN)C1. The zero-order valence-electron chi connectivity index (χ0n) is 13.1. The third kappa shape index (κ3) is 2.63. The minimum absolute atomic E-state index is 0.0909. The largest absolute Gasteiger partial charge is 0.347 e. The number of aryl methyl sites for hydroxylation is 1. The van der Waals surface area contributed by atoms with Gasteiger partial charge >= 0.3 is 0 Å². The van der Waals surface area contributed by atoms with Crippen molar-refractivity contribution >= 4 is 11.8 Å². The molecule has 6 nitrogen and oxygen atoms in total. The second kappa shape index (κ2) is 6.12. The summed E-state index contributed by atoms with van der Waals surface area (Å²) in [5, 5.41) is 0. The minimum Gasteiger partial charge on any atom is -0.347 e. The molecule has 2 fully saturated rings. The van der Waals surface area contributed by atoms with E-state index in [2.05, 4.69) is 0 Å². The Hall–Kier alpha value is -1.82. The Morgan fingerprint density at radius 2 is 2.23 bits per heavy atom. The Balaban J connectivity index is 1.71. The predicted octanol–water partition coefficient (Wildman–Crippen LogP) is 0.437. The van der Waals surface area contributed by atoms with Crippen molar-refractivity contribution < 1.29 is 9.59 Å². The molecule has 2 aliphatic rings. The lowest BCUT2D eigenvalue weighted by atomic mass is 9.83. The summed E-state index contributed by atoms with van der Waals surface area (Å²) in [5.74, 6) is 0.685. The first-order valence-corrected chi connectivity index (χ1v) is 8.02. The number of likely N-dealkylation sites (tertiary alicyclic amines) is 2. The molecular weight excluding hydrogens is 280 g/mol. The molecule has 2 N–H and O–H groups in total. The smallest absolute Gasteiger partial charge is 0.270 e. The number of nitrogens with zero attached hydrogens (tertiary/aromatic N) is 3. The zero-order valence-corrected chi connectivity index (χ0v) is 13.1. The molecule has 6 heteroatoms. The van der Waals surface area contributed by atoms with Crippen molar-refractivity contribution in [2.45, 2.75) is 25.3 Å². The first-order chi connectivity index (χ1) is 10.6. The average Bonchev–Trinajstić information content (AvgIpc) is 2.95. The number of carbonyl (C=O) groups excluding carboxylic acids is 2. The van der Waals surface area contributed by atoms with Gasteiger partial charge in [0.05, 0.1) is 0 Å². The van der Waals surface area contributed by atoms with E-state index >= 15 is 0 Å². The Bertz CT molecular complexity index is 568. The highest BCUT2D eigenvalue weighted by Gasteiger charge is 2.40. The number of fused-ring (bicyclic) bond motifs is 1. The van der Waals surface area contributed by atoms with Gasteiger partial charge in [0.2, 0.25) is 5.91 Å². The van der Waals surface area contributed by atoms with Crippen LogP contribution in [0.2, 0.25) is 0 Å². The van der Waals surface area contributed by atoms with Gasteiger partial charge in [0.25, 0.3) is 5.91 Å². The van der Waals surface area contributed by atoms with Gasteiger partial charge in [0.15, 0.2) is 0 Å². The molecule has 2 saturated heterocycles. The molecule has 3 rings (SSSR count). The van der Waals surface area contributed by atoms with Crippen LogP contribution in [0, 0.1) is 5.92 Å². The van der Waals surface area contributed by atoms with Gasteiger partial charge < -0.3 is 20.1 Å². The summed E-state index contributed by atoms with van der Waals surface area (Å²) in [6.07, 6.45) is 4.20. The Labute approximate surface area is 130 Å². The van der Waals surface area contributed by atoms with Crippen LogP contribution in [0.5, 0.6) is 0 Å². The van der Waals surface area contributed by atoms with Crippen LogP contribution in [0.4, 0.5) is 0 Å². The van der Waals surface area contributed by atoms with Crippen LogP contribution >= 0.6 is 0 Å². The van der Waals surface area contributed by atoms with Crippen LogP contribution < -0.4 is 5.73 Å². The van der Waals surface area contributed by atoms with E-state index in [0.717, 1.165) is 25.1 Å². The Morgan fingerprint density at radius 3 is 2.91 bits per heavy atom. The number of piperidine rings is 2. The number of amides is 2. The second-order valence-corrected chi connectivity index (χ2v) is 6.29. The minimum atomic E-state index is 0.0909. The Kier molecular flexibility index (Phi) is 4.20. The third-order valence-corrected chi connectivity index (χ3v) is 4.96. The molecule has 0 spiro atoms. The summed E-state index contributed by atoms with van der Waals surface area (Å²) in [6.45, 7) is 2.58. The van der Waals surface area contributed by atoms with Gasteiger partial charge in [-0.25, -0.2) is 0 Å². The average molecular weight is 304 g/mol. The first kappa shape index (κ1) is 15.1. The van der Waals surface area contributed by atoms with Gasteiger partial charge in [-0.2, -0.15) is 0 Å². The lowest BCUT2D eigenvalue weighted by Crippen LogP contribution is -2.57. The fourth-order valence-electron chi connectivity index (χ4n) is 3.81. The maximum atomic E-state index is 12.6. The van der Waals surface area contributed by atoms with E-state index in [-0.39, 0.29) is 17.9 Å². The van der Waals surface area contributed by atoms with Gasteiger partial charge in [0, 0.05) is 51.9 Å². The highest BCUT2D eigenvalue weighted by atomic mass is 16.2. The van der Waals surface area contributed by atoms with E-state index in [0.29, 0.717) is 32.0 Å². The molecule has 0 radical (unpaired) electrons. The predicted molar refractivity (Wildman–Crippen MR) is 83.2 cm³/mol. The number of hydrogen-bond acceptors (Lipinski definition) is 3. The van der Waals surface area contributed by atoms with Gasteiger partial charge in [-0.1, -0.05) is 0 Å². The lowest BCUT2D eigenvalue weighted by Gasteiger charge is -2.47.